The van der Waals surface area contributed by atoms with E-state index in [9.17, 15) is 13.8 Å². The first-order valence-corrected chi connectivity index (χ1v) is 15.7. The largest absolute Gasteiger partial charge is 0.358 e. The molecule has 1 aromatic heterocycles. The second kappa shape index (κ2) is 13.7. The molecule has 0 spiro atoms. The predicted octanol–water partition coefficient (Wildman–Crippen LogP) is 6.51. The Morgan fingerprint density at radius 1 is 1.07 bits per heavy atom. The second-order valence-corrected chi connectivity index (χ2v) is 12.8. The van der Waals surface area contributed by atoms with Crippen molar-refractivity contribution in [3.63, 3.8) is 0 Å². The molecule has 0 radical (unpaired) electrons. The third-order valence-corrected chi connectivity index (χ3v) is 8.92. The van der Waals surface area contributed by atoms with Gasteiger partial charge in [-0.2, -0.15) is 0 Å². The lowest BCUT2D eigenvalue weighted by Crippen LogP contribution is -2.54. The van der Waals surface area contributed by atoms with E-state index in [0.717, 1.165) is 42.4 Å². The van der Waals surface area contributed by atoms with Crippen LogP contribution in [0.3, 0.4) is 0 Å². The molecule has 0 aliphatic heterocycles. The van der Waals surface area contributed by atoms with Gasteiger partial charge in [-0.05, 0) is 62.3 Å². The fourth-order valence-corrected chi connectivity index (χ4v) is 6.50. The molecule has 1 saturated carbocycles. The highest BCUT2D eigenvalue weighted by Gasteiger charge is 2.36. The van der Waals surface area contributed by atoms with Crippen molar-refractivity contribution in [2.45, 2.75) is 83.8 Å². The summed E-state index contributed by atoms with van der Waals surface area (Å²) in [4.78, 5) is 29.4. The van der Waals surface area contributed by atoms with Gasteiger partial charge >= 0.3 is 0 Å². The van der Waals surface area contributed by atoms with Crippen LogP contribution < -0.4 is 10.0 Å². The number of hydrogen-bond acceptors (Lipinski definition) is 5. The minimum Gasteiger partial charge on any atom is -0.358 e. The van der Waals surface area contributed by atoms with Gasteiger partial charge in [-0.15, -0.1) is 0 Å². The van der Waals surface area contributed by atoms with Crippen LogP contribution in [0.2, 0.25) is 5.02 Å². The highest BCUT2D eigenvalue weighted by Crippen LogP contribution is 2.32. The lowest BCUT2D eigenvalue weighted by atomic mass is 9.96. The normalized spacial score (nSPS) is 15.2. The summed E-state index contributed by atoms with van der Waals surface area (Å²) in [7, 11) is -1.64. The summed E-state index contributed by atoms with van der Waals surface area (Å²) in [5.41, 5.74) is 2.58. The van der Waals surface area contributed by atoms with Crippen LogP contribution in [0.15, 0.2) is 57.9 Å². The molecule has 10 heteroatoms. The fraction of sp³-hybridized carbons (Fsp3) is 0.452. The van der Waals surface area contributed by atoms with Crippen molar-refractivity contribution in [1.82, 2.24) is 15.4 Å². The van der Waals surface area contributed by atoms with E-state index in [2.05, 4.69) is 15.2 Å². The summed E-state index contributed by atoms with van der Waals surface area (Å²) >= 11 is 6.20. The Hall–Kier alpha value is -3.17. The van der Waals surface area contributed by atoms with Gasteiger partial charge in [0.25, 0.3) is 0 Å². The van der Waals surface area contributed by atoms with E-state index in [1.807, 2.05) is 70.2 Å². The lowest BCUT2D eigenvalue weighted by Gasteiger charge is -2.35. The van der Waals surface area contributed by atoms with E-state index in [1.54, 1.807) is 17.9 Å². The van der Waals surface area contributed by atoms with E-state index >= 15 is 0 Å². The lowest BCUT2D eigenvalue weighted by molar-refractivity contribution is -0.146. The number of carbonyl (C=O) groups is 2. The van der Waals surface area contributed by atoms with Crippen LogP contribution in [0, 0.1) is 18.8 Å². The molecule has 2 unspecified atom stereocenters. The second-order valence-electron chi connectivity index (χ2n) is 11.3. The number of benzene rings is 2. The highest BCUT2D eigenvalue weighted by molar-refractivity contribution is 7.86. The van der Waals surface area contributed by atoms with Crippen molar-refractivity contribution >= 4 is 40.2 Å². The molecule has 220 valence electrons. The summed E-state index contributed by atoms with van der Waals surface area (Å²) in [5.74, 6) is 0.508. The van der Waals surface area contributed by atoms with Crippen molar-refractivity contribution in [3.05, 3.63) is 64.9 Å². The minimum absolute atomic E-state index is 0.0177. The van der Waals surface area contributed by atoms with Crippen LogP contribution in [0.1, 0.15) is 64.7 Å². The third-order valence-electron chi connectivity index (χ3n) is 7.34. The van der Waals surface area contributed by atoms with E-state index in [0.29, 0.717) is 22.2 Å². The Balaban J connectivity index is 1.59. The molecule has 1 heterocycles. The molecule has 1 aliphatic carbocycles. The standard InChI is InChI=1S/C31H39ClN4O4S/c1-19(2)28(30(37)33-20(3)4)36(31(38)24-10-6-7-11-24)18-22-14-16-23(17-15-22)25-12-8-9-13-26(25)41(39)35-29-27(32)21(5)40-34-29/h8-9,12-17,19-20,24,28H,6-7,10-11,18H2,1-5H3,(H,33,37)(H,34,35). The third kappa shape index (κ3) is 7.38. The highest BCUT2D eigenvalue weighted by atomic mass is 35.5. The topological polar surface area (TPSA) is 105 Å². The number of hydrogen-bond donors (Lipinski definition) is 2. The zero-order chi connectivity index (χ0) is 29.7. The molecule has 4 rings (SSSR count). The number of anilines is 1. The number of nitrogens with one attached hydrogen (secondary N) is 2. The van der Waals surface area contributed by atoms with Crippen LogP contribution in [-0.2, 0) is 27.1 Å². The zero-order valence-corrected chi connectivity index (χ0v) is 25.8. The molecule has 1 fully saturated rings. The van der Waals surface area contributed by atoms with Crippen LogP contribution in [0.4, 0.5) is 5.82 Å². The number of nitrogens with zero attached hydrogens (tertiary/aromatic N) is 2. The number of aromatic nitrogens is 1. The maximum atomic E-state index is 13.8. The van der Waals surface area contributed by atoms with Crippen molar-refractivity contribution in [2.24, 2.45) is 11.8 Å². The first kappa shape index (κ1) is 30.8. The van der Waals surface area contributed by atoms with Gasteiger partial charge in [0.2, 0.25) is 17.6 Å². The first-order chi connectivity index (χ1) is 19.6. The molecule has 2 aromatic carbocycles. The number of rotatable bonds is 11. The molecule has 0 bridgehead atoms. The van der Waals surface area contributed by atoms with Crippen LogP contribution in [0.25, 0.3) is 11.1 Å². The molecule has 0 saturated heterocycles. The number of carbonyl (C=O) groups excluding carboxylic acids is 2. The van der Waals surface area contributed by atoms with Gasteiger partial charge in [-0.25, -0.2) is 4.21 Å². The Bertz CT molecular complexity index is 1380. The number of aryl methyl sites for hydroxylation is 1. The van der Waals surface area contributed by atoms with E-state index < -0.39 is 17.0 Å². The SMILES string of the molecule is Cc1onc(NS(=O)c2ccccc2-c2ccc(CN(C(=O)C3CCCC3)C(C(=O)NC(C)C)C(C)C)cc2)c1Cl. The Morgan fingerprint density at radius 2 is 1.73 bits per heavy atom. The van der Waals surface area contributed by atoms with Gasteiger partial charge in [0.05, 0.1) is 4.90 Å². The van der Waals surface area contributed by atoms with Crippen molar-refractivity contribution in [1.29, 1.82) is 0 Å². The molecular weight excluding hydrogens is 560 g/mol. The van der Waals surface area contributed by atoms with E-state index in [4.69, 9.17) is 16.1 Å². The molecule has 2 amide bonds. The summed E-state index contributed by atoms with van der Waals surface area (Å²) < 4.78 is 21.1. The summed E-state index contributed by atoms with van der Waals surface area (Å²) in [6.07, 6.45) is 3.82. The maximum Gasteiger partial charge on any atom is 0.243 e. The number of halogens is 1. The predicted molar refractivity (Wildman–Crippen MR) is 163 cm³/mol. The Kier molecular flexibility index (Phi) is 10.3. The molecular formula is C31H39ClN4O4S. The van der Waals surface area contributed by atoms with Crippen molar-refractivity contribution in [3.8, 4) is 11.1 Å². The van der Waals surface area contributed by atoms with Gasteiger partial charge in [-0.3, -0.25) is 14.3 Å². The van der Waals surface area contributed by atoms with Crippen molar-refractivity contribution < 1.29 is 18.3 Å². The van der Waals surface area contributed by atoms with Gasteiger partial charge in [0.1, 0.15) is 11.1 Å². The fourth-order valence-electron chi connectivity index (χ4n) is 5.32. The summed E-state index contributed by atoms with van der Waals surface area (Å²) in [6.45, 7) is 9.85. The molecule has 3 aromatic rings. The monoisotopic (exact) mass is 598 g/mol. The summed E-state index contributed by atoms with van der Waals surface area (Å²) in [6, 6.07) is 14.7. The summed E-state index contributed by atoms with van der Waals surface area (Å²) in [5, 5.41) is 7.16. The first-order valence-electron chi connectivity index (χ1n) is 14.2. The molecule has 1 aliphatic rings. The molecule has 8 nitrogen and oxygen atoms in total. The minimum atomic E-state index is -1.64. The van der Waals surface area contributed by atoms with Crippen LogP contribution >= 0.6 is 11.6 Å². The van der Waals surface area contributed by atoms with Crippen molar-refractivity contribution in [2.75, 3.05) is 4.72 Å². The van der Waals surface area contributed by atoms with E-state index in [-0.39, 0.29) is 35.5 Å². The van der Waals surface area contributed by atoms with Gasteiger partial charge in [0.15, 0.2) is 16.7 Å². The van der Waals surface area contributed by atoms with Crippen LogP contribution in [-0.4, -0.2) is 38.2 Å². The maximum absolute atomic E-state index is 13.8. The average Bonchev–Trinajstić information content (AvgIpc) is 3.59. The van der Waals surface area contributed by atoms with Gasteiger partial charge < -0.3 is 14.7 Å². The Morgan fingerprint density at radius 3 is 2.32 bits per heavy atom. The zero-order valence-electron chi connectivity index (χ0n) is 24.3. The molecule has 2 atom stereocenters. The van der Waals surface area contributed by atoms with Gasteiger partial charge in [-0.1, -0.05) is 85.9 Å². The van der Waals surface area contributed by atoms with Gasteiger partial charge in [0, 0.05) is 18.5 Å². The molecule has 2 N–H and O–H groups in total. The smallest absolute Gasteiger partial charge is 0.243 e. The number of amides is 2. The Labute approximate surface area is 249 Å². The average molecular weight is 599 g/mol. The van der Waals surface area contributed by atoms with E-state index in [1.165, 1.54) is 0 Å². The van der Waals surface area contributed by atoms with Crippen LogP contribution in [0.5, 0.6) is 0 Å². The molecule has 41 heavy (non-hydrogen) atoms. The quantitative estimate of drug-likeness (QED) is 0.262.